The lowest BCUT2D eigenvalue weighted by molar-refractivity contribution is -0.128. The third-order valence-corrected chi connectivity index (χ3v) is 2.89. The summed E-state index contributed by atoms with van der Waals surface area (Å²) in [7, 11) is 1.57. The number of methoxy groups -OCH3 is 1. The van der Waals surface area contributed by atoms with Crippen molar-refractivity contribution in [2.75, 3.05) is 13.9 Å². The SMILES string of the molecule is CCCCCCCCCCC(C=O)OCOC. The highest BCUT2D eigenvalue weighted by atomic mass is 16.7. The Hall–Kier alpha value is -0.410. The van der Waals surface area contributed by atoms with Crippen molar-refractivity contribution in [2.24, 2.45) is 0 Å². The van der Waals surface area contributed by atoms with Crippen LogP contribution in [0, 0.1) is 0 Å². The highest BCUT2D eigenvalue weighted by Gasteiger charge is 2.06. The minimum Gasteiger partial charge on any atom is -0.359 e. The summed E-state index contributed by atoms with van der Waals surface area (Å²) in [5.41, 5.74) is 0. The molecule has 0 bridgehead atoms. The molecule has 0 aliphatic carbocycles. The number of rotatable bonds is 13. The van der Waals surface area contributed by atoms with E-state index in [1.807, 2.05) is 0 Å². The van der Waals surface area contributed by atoms with Crippen molar-refractivity contribution >= 4 is 6.29 Å². The van der Waals surface area contributed by atoms with Gasteiger partial charge in [-0.15, -0.1) is 0 Å². The fourth-order valence-electron chi connectivity index (χ4n) is 1.83. The van der Waals surface area contributed by atoms with Crippen molar-refractivity contribution in [1.82, 2.24) is 0 Å². The van der Waals surface area contributed by atoms with Crippen molar-refractivity contribution < 1.29 is 14.3 Å². The smallest absolute Gasteiger partial charge is 0.148 e. The van der Waals surface area contributed by atoms with Gasteiger partial charge in [-0.2, -0.15) is 0 Å². The average molecular weight is 244 g/mol. The van der Waals surface area contributed by atoms with Crippen LogP contribution in [0.25, 0.3) is 0 Å². The van der Waals surface area contributed by atoms with Gasteiger partial charge in [-0.1, -0.05) is 58.3 Å². The lowest BCUT2D eigenvalue weighted by Gasteiger charge is -2.10. The molecule has 0 radical (unpaired) electrons. The monoisotopic (exact) mass is 244 g/mol. The zero-order valence-electron chi connectivity index (χ0n) is 11.5. The van der Waals surface area contributed by atoms with Crippen molar-refractivity contribution in [3.63, 3.8) is 0 Å². The maximum Gasteiger partial charge on any atom is 0.148 e. The van der Waals surface area contributed by atoms with Gasteiger partial charge in [-0.25, -0.2) is 0 Å². The van der Waals surface area contributed by atoms with Gasteiger partial charge in [-0.3, -0.25) is 0 Å². The van der Waals surface area contributed by atoms with E-state index in [2.05, 4.69) is 6.92 Å². The highest BCUT2D eigenvalue weighted by Crippen LogP contribution is 2.11. The fourth-order valence-corrected chi connectivity index (χ4v) is 1.83. The van der Waals surface area contributed by atoms with E-state index in [9.17, 15) is 4.79 Å². The van der Waals surface area contributed by atoms with Crippen LogP contribution in [0.2, 0.25) is 0 Å². The fraction of sp³-hybridized carbons (Fsp3) is 0.929. The summed E-state index contributed by atoms with van der Waals surface area (Å²) in [6, 6.07) is 0. The van der Waals surface area contributed by atoms with Gasteiger partial charge in [0.25, 0.3) is 0 Å². The molecule has 0 fully saturated rings. The Morgan fingerprint density at radius 3 is 2.12 bits per heavy atom. The Labute approximate surface area is 106 Å². The molecule has 3 nitrogen and oxygen atoms in total. The first-order chi connectivity index (χ1) is 8.35. The molecule has 3 heteroatoms. The molecule has 0 aromatic rings. The summed E-state index contributed by atoms with van der Waals surface area (Å²) in [6.45, 7) is 2.44. The molecule has 0 saturated heterocycles. The van der Waals surface area contributed by atoms with Crippen molar-refractivity contribution in [3.05, 3.63) is 0 Å². The Morgan fingerprint density at radius 1 is 1.00 bits per heavy atom. The first-order valence-corrected chi connectivity index (χ1v) is 6.91. The molecule has 0 aliphatic rings. The second-order valence-electron chi connectivity index (χ2n) is 4.51. The summed E-state index contributed by atoms with van der Waals surface area (Å²) < 4.78 is 9.99. The lowest BCUT2D eigenvalue weighted by Crippen LogP contribution is -2.15. The minimum absolute atomic E-state index is 0.209. The number of hydrogen-bond donors (Lipinski definition) is 0. The normalized spacial score (nSPS) is 12.6. The highest BCUT2D eigenvalue weighted by molar-refractivity contribution is 5.55. The number of unbranched alkanes of at least 4 members (excludes halogenated alkanes) is 7. The standard InChI is InChI=1S/C14H28O3/c1-3-4-5-6-7-8-9-10-11-14(12-15)17-13-16-2/h12,14H,3-11,13H2,1-2H3. The Balaban J connectivity index is 3.22. The first kappa shape index (κ1) is 16.6. The molecule has 0 saturated carbocycles. The largest absolute Gasteiger partial charge is 0.359 e. The number of carbonyl (C=O) groups excluding carboxylic acids is 1. The molecule has 0 rings (SSSR count). The van der Waals surface area contributed by atoms with E-state index in [4.69, 9.17) is 9.47 Å². The van der Waals surface area contributed by atoms with E-state index in [0.717, 1.165) is 19.1 Å². The molecule has 0 aliphatic heterocycles. The van der Waals surface area contributed by atoms with Crippen LogP contribution < -0.4 is 0 Å². The van der Waals surface area contributed by atoms with Crippen LogP contribution in [0.5, 0.6) is 0 Å². The minimum atomic E-state index is -0.282. The van der Waals surface area contributed by atoms with E-state index in [-0.39, 0.29) is 12.9 Å². The van der Waals surface area contributed by atoms with Crippen LogP contribution in [-0.4, -0.2) is 26.3 Å². The summed E-state index contributed by atoms with van der Waals surface area (Å²) in [4.78, 5) is 10.7. The number of aldehydes is 1. The van der Waals surface area contributed by atoms with E-state index >= 15 is 0 Å². The van der Waals surface area contributed by atoms with Gasteiger partial charge < -0.3 is 14.3 Å². The molecule has 0 N–H and O–H groups in total. The van der Waals surface area contributed by atoms with Crippen molar-refractivity contribution in [3.8, 4) is 0 Å². The topological polar surface area (TPSA) is 35.5 Å². The van der Waals surface area contributed by atoms with Gasteiger partial charge in [0.05, 0.1) is 0 Å². The second kappa shape index (κ2) is 13.7. The molecule has 1 unspecified atom stereocenters. The zero-order chi connectivity index (χ0) is 12.8. The summed E-state index contributed by atoms with van der Waals surface area (Å²) in [6.07, 6.45) is 11.7. The molecule has 0 spiro atoms. The van der Waals surface area contributed by atoms with Crippen molar-refractivity contribution in [1.29, 1.82) is 0 Å². The maximum absolute atomic E-state index is 10.7. The van der Waals surface area contributed by atoms with Crippen LogP contribution in [0.3, 0.4) is 0 Å². The zero-order valence-corrected chi connectivity index (χ0v) is 11.5. The average Bonchev–Trinajstić information content (AvgIpc) is 2.36. The number of hydrogen-bond acceptors (Lipinski definition) is 3. The predicted molar refractivity (Wildman–Crippen MR) is 70.0 cm³/mol. The number of carbonyl (C=O) groups is 1. The van der Waals surface area contributed by atoms with Crippen LogP contribution in [-0.2, 0) is 14.3 Å². The maximum atomic E-state index is 10.7. The summed E-state index contributed by atoms with van der Waals surface area (Å²) >= 11 is 0. The molecular formula is C14H28O3. The van der Waals surface area contributed by atoms with Gasteiger partial charge in [0, 0.05) is 7.11 Å². The molecule has 0 amide bonds. The van der Waals surface area contributed by atoms with Crippen LogP contribution in [0.1, 0.15) is 64.7 Å². The van der Waals surface area contributed by atoms with Gasteiger partial charge in [0.15, 0.2) is 0 Å². The lowest BCUT2D eigenvalue weighted by atomic mass is 10.1. The van der Waals surface area contributed by atoms with E-state index < -0.39 is 0 Å². The van der Waals surface area contributed by atoms with Gasteiger partial charge in [-0.05, 0) is 6.42 Å². The number of ether oxygens (including phenoxy) is 2. The van der Waals surface area contributed by atoms with Crippen LogP contribution in [0.4, 0.5) is 0 Å². The Bertz CT molecular complexity index is 160. The van der Waals surface area contributed by atoms with Crippen molar-refractivity contribution in [2.45, 2.75) is 70.8 Å². The molecule has 0 aromatic heterocycles. The van der Waals surface area contributed by atoms with E-state index in [1.165, 1.54) is 44.9 Å². The summed E-state index contributed by atoms with van der Waals surface area (Å²) in [5.74, 6) is 0. The molecule has 17 heavy (non-hydrogen) atoms. The third kappa shape index (κ3) is 11.8. The third-order valence-electron chi connectivity index (χ3n) is 2.89. The molecule has 0 aromatic carbocycles. The first-order valence-electron chi connectivity index (χ1n) is 6.91. The quantitative estimate of drug-likeness (QED) is 0.281. The second-order valence-corrected chi connectivity index (χ2v) is 4.51. The van der Waals surface area contributed by atoms with Gasteiger partial charge >= 0.3 is 0 Å². The van der Waals surface area contributed by atoms with E-state index in [0.29, 0.717) is 0 Å². The Morgan fingerprint density at radius 2 is 1.59 bits per heavy atom. The molecule has 0 heterocycles. The summed E-state index contributed by atoms with van der Waals surface area (Å²) in [5, 5.41) is 0. The van der Waals surface area contributed by atoms with E-state index in [1.54, 1.807) is 7.11 Å². The molecular weight excluding hydrogens is 216 g/mol. The Kier molecular flexibility index (Phi) is 13.3. The predicted octanol–water partition coefficient (Wildman–Crippen LogP) is 3.71. The van der Waals surface area contributed by atoms with Crippen LogP contribution >= 0.6 is 0 Å². The molecule has 102 valence electrons. The van der Waals surface area contributed by atoms with Gasteiger partial charge in [0.1, 0.15) is 19.2 Å². The van der Waals surface area contributed by atoms with Gasteiger partial charge in [0.2, 0.25) is 0 Å². The van der Waals surface area contributed by atoms with Crippen LogP contribution in [0.15, 0.2) is 0 Å². The molecule has 1 atom stereocenters.